The molecule has 0 aliphatic carbocycles. The van der Waals surface area contributed by atoms with Gasteiger partial charge in [0.2, 0.25) is 0 Å². The summed E-state index contributed by atoms with van der Waals surface area (Å²) < 4.78 is 53.0. The third-order valence-electron chi connectivity index (χ3n) is 4.71. The summed E-state index contributed by atoms with van der Waals surface area (Å²) in [6, 6.07) is 2.61. The fraction of sp³-hybridized carbons (Fsp3) is 0.556. The molecule has 0 N–H and O–H groups in total. The smallest absolute Gasteiger partial charge is 0.444 e. The molecule has 3 aliphatic rings. The quantitative estimate of drug-likeness (QED) is 0.625. The van der Waals surface area contributed by atoms with Gasteiger partial charge in [-0.3, -0.25) is 4.90 Å². The van der Waals surface area contributed by atoms with Crippen molar-refractivity contribution in [2.75, 3.05) is 18.0 Å². The zero-order chi connectivity index (χ0) is 21.1. The number of piperazine rings is 1. The summed E-state index contributed by atoms with van der Waals surface area (Å²) in [6.07, 6.45) is -4.27. The number of nitrogens with zero attached hydrogens (tertiary/aromatic N) is 3. The summed E-state index contributed by atoms with van der Waals surface area (Å²) in [4.78, 5) is 20.3. The molecule has 5 rings (SSSR count). The van der Waals surface area contributed by atoms with E-state index in [1.165, 1.54) is 12.1 Å². The highest BCUT2D eigenvalue weighted by molar-refractivity contribution is 9.10. The van der Waals surface area contributed by atoms with E-state index in [0.717, 1.165) is 6.42 Å². The van der Waals surface area contributed by atoms with Gasteiger partial charge in [-0.2, -0.15) is 4.98 Å². The maximum atomic E-state index is 12.5. The Morgan fingerprint density at radius 2 is 1.90 bits per heavy atom. The average Bonchev–Trinajstić information content (AvgIpc) is 2.96. The number of benzene rings is 1. The highest BCUT2D eigenvalue weighted by Gasteiger charge is 2.49. The highest BCUT2D eigenvalue weighted by atomic mass is 79.9. The van der Waals surface area contributed by atoms with Crippen molar-refractivity contribution in [2.24, 2.45) is 0 Å². The van der Waals surface area contributed by atoms with E-state index in [1.807, 2.05) is 25.7 Å². The van der Waals surface area contributed by atoms with Crippen LogP contribution in [0.4, 0.5) is 24.0 Å². The van der Waals surface area contributed by atoms with Gasteiger partial charge in [-0.25, -0.2) is 4.79 Å². The second kappa shape index (κ2) is 6.68. The molecule has 4 heterocycles. The van der Waals surface area contributed by atoms with Crippen LogP contribution in [0.25, 0.3) is 11.1 Å². The number of aromatic nitrogens is 1. The van der Waals surface area contributed by atoms with E-state index in [-0.39, 0.29) is 29.4 Å². The van der Waals surface area contributed by atoms with Crippen molar-refractivity contribution in [1.29, 1.82) is 0 Å². The maximum absolute atomic E-state index is 12.5. The van der Waals surface area contributed by atoms with Crippen LogP contribution in [0.2, 0.25) is 0 Å². The summed E-state index contributed by atoms with van der Waals surface area (Å²) in [5.41, 5.74) is 0.0123. The summed E-state index contributed by atoms with van der Waals surface area (Å²) in [6.45, 7) is 6.47. The van der Waals surface area contributed by atoms with Crippen molar-refractivity contribution in [3.05, 3.63) is 16.6 Å². The number of hydrogen-bond acceptors (Lipinski definition) is 6. The number of anilines is 1. The Kier molecular flexibility index (Phi) is 4.63. The van der Waals surface area contributed by atoms with Crippen LogP contribution in [0.3, 0.4) is 0 Å². The van der Waals surface area contributed by atoms with Crippen molar-refractivity contribution < 1.29 is 31.9 Å². The number of carbonyl (C=O) groups excluding carboxylic acids is 1. The van der Waals surface area contributed by atoms with Gasteiger partial charge in [-0.15, -0.1) is 13.2 Å². The van der Waals surface area contributed by atoms with Crippen molar-refractivity contribution in [1.82, 2.24) is 9.88 Å². The molecule has 2 bridgehead atoms. The van der Waals surface area contributed by atoms with E-state index >= 15 is 0 Å². The van der Waals surface area contributed by atoms with Crippen LogP contribution < -0.4 is 9.64 Å². The van der Waals surface area contributed by atoms with E-state index < -0.39 is 12.0 Å². The number of amides is 1. The first kappa shape index (κ1) is 20.1. The number of halogens is 4. The van der Waals surface area contributed by atoms with E-state index in [0.29, 0.717) is 29.2 Å². The minimum absolute atomic E-state index is 0.0221. The fourth-order valence-electron chi connectivity index (χ4n) is 3.66. The SMILES string of the molecule is CC(C)(C)OC(=O)N1C2CC1CN(c1nc3cc(OC(F)(F)F)cc(Br)c3o1)C2. The third-order valence-corrected chi connectivity index (χ3v) is 5.30. The summed E-state index contributed by atoms with van der Waals surface area (Å²) >= 11 is 3.20. The molecule has 3 aliphatic heterocycles. The van der Waals surface area contributed by atoms with Gasteiger partial charge in [0, 0.05) is 19.2 Å². The predicted octanol–water partition coefficient (Wildman–Crippen LogP) is 4.69. The number of rotatable bonds is 2. The molecule has 2 atom stereocenters. The second-order valence-electron chi connectivity index (χ2n) is 8.13. The normalized spacial score (nSPS) is 21.9. The van der Waals surface area contributed by atoms with Crippen LogP contribution in [0.15, 0.2) is 21.0 Å². The predicted molar refractivity (Wildman–Crippen MR) is 101 cm³/mol. The third kappa shape index (κ3) is 4.10. The first-order valence-corrected chi connectivity index (χ1v) is 9.81. The van der Waals surface area contributed by atoms with Crippen LogP contribution in [0.5, 0.6) is 5.75 Å². The molecule has 11 heteroatoms. The molecule has 0 saturated carbocycles. The first-order chi connectivity index (χ1) is 13.4. The van der Waals surface area contributed by atoms with Gasteiger partial charge < -0.3 is 18.8 Å². The van der Waals surface area contributed by atoms with Gasteiger partial charge in [0.15, 0.2) is 5.58 Å². The standard InChI is InChI=1S/C18H19BrF3N3O4/c1-17(2,3)29-16(26)25-9-4-10(25)8-24(7-9)15-23-13-6-11(28-18(20,21)22)5-12(19)14(13)27-15/h5-6,9-10H,4,7-8H2,1-3H3. The summed E-state index contributed by atoms with van der Waals surface area (Å²) in [7, 11) is 0. The molecule has 2 unspecified atom stereocenters. The fourth-order valence-corrected chi connectivity index (χ4v) is 4.17. The van der Waals surface area contributed by atoms with Gasteiger partial charge in [0.1, 0.15) is 16.9 Å². The molecule has 0 radical (unpaired) electrons. The number of oxazole rings is 1. The molecule has 1 amide bonds. The molecule has 3 fully saturated rings. The lowest BCUT2D eigenvalue weighted by molar-refractivity contribution is -0.274. The molecule has 2 aromatic rings. The lowest BCUT2D eigenvalue weighted by Gasteiger charge is -2.55. The van der Waals surface area contributed by atoms with Crippen LogP contribution in [-0.4, -0.2) is 53.1 Å². The van der Waals surface area contributed by atoms with Crippen LogP contribution in [0, 0.1) is 0 Å². The van der Waals surface area contributed by atoms with Gasteiger partial charge in [-0.05, 0) is 49.2 Å². The molecular formula is C18H19BrF3N3O4. The lowest BCUT2D eigenvalue weighted by Crippen LogP contribution is -2.70. The zero-order valence-corrected chi connectivity index (χ0v) is 17.5. The Bertz CT molecular complexity index is 944. The number of fused-ring (bicyclic) bond motifs is 3. The number of alkyl halides is 3. The van der Waals surface area contributed by atoms with Crippen molar-refractivity contribution >= 4 is 39.1 Å². The molecule has 158 valence electrons. The average molecular weight is 478 g/mol. The Morgan fingerprint density at radius 3 is 2.48 bits per heavy atom. The summed E-state index contributed by atoms with van der Waals surface area (Å²) in [5, 5.41) is 0. The van der Waals surface area contributed by atoms with Crippen LogP contribution in [-0.2, 0) is 4.74 Å². The molecule has 29 heavy (non-hydrogen) atoms. The second-order valence-corrected chi connectivity index (χ2v) is 8.99. The highest BCUT2D eigenvalue weighted by Crippen LogP contribution is 2.38. The molecule has 1 aromatic carbocycles. The molecule has 1 aromatic heterocycles. The van der Waals surface area contributed by atoms with Crippen LogP contribution in [0.1, 0.15) is 27.2 Å². The molecule has 7 nitrogen and oxygen atoms in total. The van der Waals surface area contributed by atoms with E-state index in [9.17, 15) is 18.0 Å². The first-order valence-electron chi connectivity index (χ1n) is 9.02. The van der Waals surface area contributed by atoms with Crippen molar-refractivity contribution in [2.45, 2.75) is 51.2 Å². The van der Waals surface area contributed by atoms with Crippen LogP contribution >= 0.6 is 15.9 Å². The number of piperidine rings is 1. The zero-order valence-electron chi connectivity index (χ0n) is 15.9. The maximum Gasteiger partial charge on any atom is 0.573 e. The van der Waals surface area contributed by atoms with E-state index in [1.54, 1.807) is 4.90 Å². The van der Waals surface area contributed by atoms with E-state index in [4.69, 9.17) is 9.15 Å². The molecule has 3 saturated heterocycles. The largest absolute Gasteiger partial charge is 0.573 e. The van der Waals surface area contributed by atoms with E-state index in [2.05, 4.69) is 25.7 Å². The number of carbonyl (C=O) groups is 1. The van der Waals surface area contributed by atoms with Crippen molar-refractivity contribution in [3.63, 3.8) is 0 Å². The topological polar surface area (TPSA) is 68.0 Å². The lowest BCUT2D eigenvalue weighted by atomic mass is 9.88. The molecular weight excluding hydrogens is 459 g/mol. The van der Waals surface area contributed by atoms with Gasteiger partial charge >= 0.3 is 12.5 Å². The minimum atomic E-state index is -4.79. The Balaban J connectivity index is 1.51. The minimum Gasteiger partial charge on any atom is -0.444 e. The Labute approximate surface area is 172 Å². The number of ether oxygens (including phenoxy) is 2. The van der Waals surface area contributed by atoms with Crippen molar-refractivity contribution in [3.8, 4) is 5.75 Å². The Hall–Kier alpha value is -2.17. The van der Waals surface area contributed by atoms with Gasteiger partial charge in [0.05, 0.1) is 16.6 Å². The van der Waals surface area contributed by atoms with Gasteiger partial charge in [0.25, 0.3) is 6.01 Å². The number of hydrogen-bond donors (Lipinski definition) is 0. The molecule has 0 spiro atoms. The summed E-state index contributed by atoms with van der Waals surface area (Å²) in [5.74, 6) is -0.380. The Morgan fingerprint density at radius 1 is 1.24 bits per heavy atom. The monoisotopic (exact) mass is 477 g/mol. The van der Waals surface area contributed by atoms with Gasteiger partial charge in [-0.1, -0.05) is 0 Å².